The normalized spacial score (nSPS) is 23.2. The van der Waals surface area contributed by atoms with Gasteiger partial charge in [-0.1, -0.05) is 30.3 Å². The Morgan fingerprint density at radius 2 is 1.92 bits per heavy atom. The van der Waals surface area contributed by atoms with Crippen LogP contribution in [0.5, 0.6) is 0 Å². The number of benzene rings is 1. The number of aliphatic hydroxyl groups is 1. The van der Waals surface area contributed by atoms with E-state index in [4.69, 9.17) is 16.7 Å². The van der Waals surface area contributed by atoms with Crippen LogP contribution in [0.25, 0.3) is 0 Å². The number of carbonyl (C=O) groups is 2. The molecule has 7 nitrogen and oxygen atoms in total. The largest absolute Gasteiger partial charge is 0.396 e. The van der Waals surface area contributed by atoms with E-state index in [2.05, 4.69) is 4.99 Å². The van der Waals surface area contributed by atoms with E-state index in [9.17, 15) is 9.59 Å². The SMILES string of the molecule is CCN1C(=O)N(CCCO)C(=O)C2C1N=C(Cl)N2Cc1ccccc1. The van der Waals surface area contributed by atoms with Crippen LogP contribution in [0.3, 0.4) is 0 Å². The van der Waals surface area contributed by atoms with Gasteiger partial charge >= 0.3 is 6.03 Å². The lowest BCUT2D eigenvalue weighted by Crippen LogP contribution is -2.65. The second-order valence-electron chi connectivity index (χ2n) is 6.01. The van der Waals surface area contributed by atoms with Crippen LogP contribution < -0.4 is 0 Å². The van der Waals surface area contributed by atoms with E-state index in [0.717, 1.165) is 5.56 Å². The number of urea groups is 1. The molecule has 0 radical (unpaired) electrons. The molecule has 25 heavy (non-hydrogen) atoms. The third-order valence-corrected chi connectivity index (χ3v) is 4.80. The number of rotatable bonds is 6. The van der Waals surface area contributed by atoms with Crippen molar-refractivity contribution in [2.45, 2.75) is 32.1 Å². The molecule has 1 fully saturated rings. The van der Waals surface area contributed by atoms with Crippen molar-refractivity contribution < 1.29 is 14.7 Å². The van der Waals surface area contributed by atoms with Crippen molar-refractivity contribution in [2.75, 3.05) is 19.7 Å². The molecule has 1 aromatic carbocycles. The first-order valence-corrected chi connectivity index (χ1v) is 8.73. The second kappa shape index (κ2) is 7.41. The Morgan fingerprint density at radius 3 is 2.56 bits per heavy atom. The molecule has 2 aliphatic rings. The number of hydrogen-bond acceptors (Lipinski definition) is 5. The number of imide groups is 1. The van der Waals surface area contributed by atoms with Gasteiger partial charge < -0.3 is 10.0 Å². The van der Waals surface area contributed by atoms with Gasteiger partial charge in [0.25, 0.3) is 5.91 Å². The van der Waals surface area contributed by atoms with Crippen molar-refractivity contribution in [3.05, 3.63) is 35.9 Å². The van der Waals surface area contributed by atoms with E-state index in [0.29, 0.717) is 19.5 Å². The predicted octanol–water partition coefficient (Wildman–Crippen LogP) is 1.46. The molecule has 1 saturated heterocycles. The van der Waals surface area contributed by atoms with Crippen molar-refractivity contribution in [1.29, 1.82) is 0 Å². The van der Waals surface area contributed by atoms with Gasteiger partial charge in [-0.3, -0.25) is 14.6 Å². The lowest BCUT2D eigenvalue weighted by molar-refractivity contribution is -0.138. The van der Waals surface area contributed by atoms with Crippen LogP contribution in [-0.4, -0.2) is 68.9 Å². The number of hydrogen-bond donors (Lipinski definition) is 1. The number of aliphatic hydroxyl groups excluding tert-OH is 1. The molecule has 0 aromatic heterocycles. The van der Waals surface area contributed by atoms with Gasteiger partial charge in [-0.05, 0) is 30.5 Å². The minimum Gasteiger partial charge on any atom is -0.396 e. The molecular formula is C17H21ClN4O3. The molecule has 0 saturated carbocycles. The van der Waals surface area contributed by atoms with Crippen molar-refractivity contribution in [3.8, 4) is 0 Å². The van der Waals surface area contributed by atoms with Gasteiger partial charge in [0.15, 0.2) is 17.5 Å². The second-order valence-corrected chi connectivity index (χ2v) is 6.34. The molecule has 0 aliphatic carbocycles. The summed E-state index contributed by atoms with van der Waals surface area (Å²) in [6.07, 6.45) is -0.258. The van der Waals surface area contributed by atoms with Crippen LogP contribution in [0.4, 0.5) is 4.79 Å². The summed E-state index contributed by atoms with van der Waals surface area (Å²) >= 11 is 6.32. The Kier molecular flexibility index (Phi) is 5.24. The molecule has 0 bridgehead atoms. The number of likely N-dealkylation sites (N-methyl/N-ethyl adjacent to an activating group) is 1. The lowest BCUT2D eigenvalue weighted by Gasteiger charge is -2.42. The highest BCUT2D eigenvalue weighted by Gasteiger charge is 2.52. The van der Waals surface area contributed by atoms with E-state index < -0.39 is 12.2 Å². The topological polar surface area (TPSA) is 76.5 Å². The first-order valence-electron chi connectivity index (χ1n) is 8.35. The fourth-order valence-electron chi connectivity index (χ4n) is 3.25. The molecule has 2 heterocycles. The average Bonchev–Trinajstić information content (AvgIpc) is 2.92. The molecular weight excluding hydrogens is 344 g/mol. The van der Waals surface area contributed by atoms with Gasteiger partial charge in [0.2, 0.25) is 0 Å². The Balaban J connectivity index is 1.89. The number of amidine groups is 1. The molecule has 3 amide bonds. The molecule has 1 aromatic rings. The van der Waals surface area contributed by atoms with E-state index in [1.165, 1.54) is 4.90 Å². The Bertz CT molecular complexity index is 682. The maximum atomic E-state index is 13.0. The molecule has 2 aliphatic heterocycles. The molecule has 2 atom stereocenters. The van der Waals surface area contributed by atoms with Gasteiger partial charge in [-0.15, -0.1) is 0 Å². The minimum atomic E-state index is -0.635. The van der Waals surface area contributed by atoms with Gasteiger partial charge in [0, 0.05) is 26.2 Å². The number of nitrogens with zero attached hydrogens (tertiary/aromatic N) is 4. The van der Waals surface area contributed by atoms with E-state index >= 15 is 0 Å². The third-order valence-electron chi connectivity index (χ3n) is 4.49. The Labute approximate surface area is 151 Å². The molecule has 134 valence electrons. The molecule has 1 N–H and O–H groups in total. The lowest BCUT2D eigenvalue weighted by atomic mass is 10.1. The fraction of sp³-hybridized carbons (Fsp3) is 0.471. The van der Waals surface area contributed by atoms with Crippen LogP contribution in [0.15, 0.2) is 35.3 Å². The van der Waals surface area contributed by atoms with E-state index in [1.54, 1.807) is 9.80 Å². The van der Waals surface area contributed by atoms with E-state index in [-0.39, 0.29) is 30.4 Å². The monoisotopic (exact) mass is 364 g/mol. The van der Waals surface area contributed by atoms with Crippen molar-refractivity contribution in [1.82, 2.24) is 14.7 Å². The van der Waals surface area contributed by atoms with Gasteiger partial charge in [-0.25, -0.2) is 9.79 Å². The first kappa shape index (κ1) is 17.7. The predicted molar refractivity (Wildman–Crippen MR) is 94.0 cm³/mol. The highest BCUT2D eigenvalue weighted by Crippen LogP contribution is 2.31. The zero-order valence-corrected chi connectivity index (χ0v) is 14.8. The molecule has 2 unspecified atom stereocenters. The standard InChI is InChI=1S/C17H21ClN4O3/c1-2-20-14-13(15(24)21(17(20)25)9-6-10-23)22(16(18)19-14)11-12-7-4-3-5-8-12/h3-5,7-8,13-14,23H,2,6,9-11H2,1H3. The first-order chi connectivity index (χ1) is 12.1. The Morgan fingerprint density at radius 1 is 1.20 bits per heavy atom. The number of aliphatic imine (C=N–C) groups is 1. The van der Waals surface area contributed by atoms with Crippen LogP contribution in [0, 0.1) is 0 Å². The summed E-state index contributed by atoms with van der Waals surface area (Å²) in [5.41, 5.74) is 1.01. The minimum absolute atomic E-state index is 0.0811. The van der Waals surface area contributed by atoms with Crippen LogP contribution in [0.1, 0.15) is 18.9 Å². The molecule has 3 rings (SSSR count). The number of fused-ring (bicyclic) bond motifs is 1. The summed E-state index contributed by atoms with van der Waals surface area (Å²) in [6.45, 7) is 2.82. The Hall–Kier alpha value is -2.12. The number of amides is 3. The number of halogens is 1. The maximum absolute atomic E-state index is 13.0. The summed E-state index contributed by atoms with van der Waals surface area (Å²) in [5.74, 6) is -0.316. The summed E-state index contributed by atoms with van der Waals surface area (Å²) in [6, 6.07) is 8.67. The van der Waals surface area contributed by atoms with Crippen molar-refractivity contribution in [3.63, 3.8) is 0 Å². The van der Waals surface area contributed by atoms with Crippen molar-refractivity contribution in [2.24, 2.45) is 4.99 Å². The zero-order valence-electron chi connectivity index (χ0n) is 14.0. The summed E-state index contributed by atoms with van der Waals surface area (Å²) in [4.78, 5) is 34.4. The van der Waals surface area contributed by atoms with Gasteiger partial charge in [-0.2, -0.15) is 0 Å². The highest BCUT2D eigenvalue weighted by molar-refractivity contribution is 6.65. The third kappa shape index (κ3) is 3.21. The van der Waals surface area contributed by atoms with Crippen LogP contribution in [0.2, 0.25) is 0 Å². The zero-order chi connectivity index (χ0) is 18.0. The number of carbonyl (C=O) groups excluding carboxylic acids is 2. The van der Waals surface area contributed by atoms with Gasteiger partial charge in [0.05, 0.1) is 0 Å². The maximum Gasteiger partial charge on any atom is 0.328 e. The molecule has 0 spiro atoms. The van der Waals surface area contributed by atoms with E-state index in [1.807, 2.05) is 37.3 Å². The summed E-state index contributed by atoms with van der Waals surface area (Å²) in [7, 11) is 0. The van der Waals surface area contributed by atoms with Crippen LogP contribution in [-0.2, 0) is 11.3 Å². The van der Waals surface area contributed by atoms with Crippen LogP contribution >= 0.6 is 11.6 Å². The smallest absolute Gasteiger partial charge is 0.328 e. The fourth-order valence-corrected chi connectivity index (χ4v) is 3.52. The quantitative estimate of drug-likeness (QED) is 0.775. The summed E-state index contributed by atoms with van der Waals surface area (Å²) < 4.78 is 0. The summed E-state index contributed by atoms with van der Waals surface area (Å²) in [5, 5.41) is 9.29. The average molecular weight is 365 g/mol. The highest BCUT2D eigenvalue weighted by atomic mass is 35.5. The van der Waals surface area contributed by atoms with Gasteiger partial charge in [0.1, 0.15) is 0 Å². The van der Waals surface area contributed by atoms with Crippen molar-refractivity contribution >= 4 is 28.8 Å². The molecule has 8 heteroatoms.